The van der Waals surface area contributed by atoms with Crippen LogP contribution in [0.1, 0.15) is 18.4 Å². The fourth-order valence-corrected chi connectivity index (χ4v) is 3.85. The van der Waals surface area contributed by atoms with Crippen LogP contribution in [0.5, 0.6) is 5.75 Å². The van der Waals surface area contributed by atoms with Gasteiger partial charge in [0.1, 0.15) is 11.3 Å². The molecule has 1 amide bonds. The number of aryl methyl sites for hydroxylation is 1. The minimum absolute atomic E-state index is 0.0122. The first-order valence-corrected chi connectivity index (χ1v) is 10.0. The second-order valence-electron chi connectivity index (χ2n) is 7.50. The van der Waals surface area contributed by atoms with Gasteiger partial charge in [0, 0.05) is 32.9 Å². The number of fused-ring (bicyclic) bond motifs is 1. The molecule has 156 valence electrons. The summed E-state index contributed by atoms with van der Waals surface area (Å²) in [5, 5.41) is 3.01. The number of rotatable bonds is 5. The average Bonchev–Trinajstić information content (AvgIpc) is 2.80. The summed E-state index contributed by atoms with van der Waals surface area (Å²) in [6.07, 6.45) is 3.26. The number of hydrogen-bond acceptors (Lipinski definition) is 6. The van der Waals surface area contributed by atoms with Crippen LogP contribution >= 0.6 is 0 Å². The van der Waals surface area contributed by atoms with Crippen molar-refractivity contribution in [3.8, 4) is 5.75 Å². The van der Waals surface area contributed by atoms with E-state index in [-0.39, 0.29) is 17.4 Å². The van der Waals surface area contributed by atoms with Crippen molar-refractivity contribution < 1.29 is 9.53 Å². The number of pyridine rings is 1. The summed E-state index contributed by atoms with van der Waals surface area (Å²) in [7, 11) is 3.32. The van der Waals surface area contributed by atoms with Gasteiger partial charge in [-0.3, -0.25) is 14.2 Å². The minimum atomic E-state index is -0.196. The third-order valence-electron chi connectivity index (χ3n) is 5.50. The van der Waals surface area contributed by atoms with Gasteiger partial charge in [0.05, 0.1) is 13.0 Å². The molecular weight excluding hydrogens is 382 g/mol. The Balaban J connectivity index is 1.48. The molecule has 1 aliphatic rings. The second kappa shape index (κ2) is 8.52. The molecule has 0 radical (unpaired) electrons. The van der Waals surface area contributed by atoms with Crippen molar-refractivity contribution in [2.75, 3.05) is 25.1 Å². The van der Waals surface area contributed by atoms with Crippen molar-refractivity contribution in [2.24, 2.45) is 13.0 Å². The smallest absolute Gasteiger partial charge is 0.294 e. The zero-order valence-electron chi connectivity index (χ0n) is 17.2. The molecule has 1 atom stereocenters. The number of nitrogens with zero attached hydrogens (tertiary/aromatic N) is 4. The van der Waals surface area contributed by atoms with Gasteiger partial charge in [0.2, 0.25) is 5.91 Å². The molecular formula is C22H25N5O3. The third kappa shape index (κ3) is 3.98. The predicted molar refractivity (Wildman–Crippen MR) is 115 cm³/mol. The maximum absolute atomic E-state index is 12.8. The predicted octanol–water partition coefficient (Wildman–Crippen LogP) is 1.87. The van der Waals surface area contributed by atoms with Gasteiger partial charge in [-0.05, 0) is 42.7 Å². The highest BCUT2D eigenvalue weighted by Crippen LogP contribution is 2.21. The molecule has 0 saturated carbocycles. The molecule has 8 heteroatoms. The van der Waals surface area contributed by atoms with E-state index in [1.807, 2.05) is 35.2 Å². The number of benzene rings is 1. The normalized spacial score (nSPS) is 16.5. The van der Waals surface area contributed by atoms with Crippen molar-refractivity contribution in [1.29, 1.82) is 0 Å². The zero-order valence-corrected chi connectivity index (χ0v) is 17.2. The quantitative estimate of drug-likeness (QED) is 0.695. The molecule has 0 spiro atoms. The Bertz CT molecular complexity index is 1130. The average molecular weight is 407 g/mol. The van der Waals surface area contributed by atoms with E-state index in [4.69, 9.17) is 4.74 Å². The molecule has 3 aromatic rings. The van der Waals surface area contributed by atoms with Crippen LogP contribution in [0, 0.1) is 5.92 Å². The van der Waals surface area contributed by atoms with Crippen molar-refractivity contribution in [2.45, 2.75) is 19.4 Å². The summed E-state index contributed by atoms with van der Waals surface area (Å²) in [6.45, 7) is 1.61. The van der Waals surface area contributed by atoms with Crippen LogP contribution in [0.25, 0.3) is 11.2 Å². The molecule has 3 heterocycles. The number of carbonyl (C=O) groups excluding carboxylic acids is 1. The van der Waals surface area contributed by atoms with Gasteiger partial charge in [0.15, 0.2) is 11.5 Å². The van der Waals surface area contributed by atoms with E-state index in [1.54, 1.807) is 26.4 Å². The van der Waals surface area contributed by atoms with E-state index in [1.165, 1.54) is 4.57 Å². The maximum atomic E-state index is 12.8. The molecule has 0 unspecified atom stereocenters. The number of nitrogens with one attached hydrogen (secondary N) is 1. The van der Waals surface area contributed by atoms with Gasteiger partial charge in [-0.15, -0.1) is 0 Å². The minimum Gasteiger partial charge on any atom is -0.497 e. The molecule has 1 aromatic carbocycles. The molecule has 4 rings (SSSR count). The largest absolute Gasteiger partial charge is 0.497 e. The van der Waals surface area contributed by atoms with Crippen molar-refractivity contribution in [3.63, 3.8) is 0 Å². The Kier molecular flexibility index (Phi) is 5.65. The summed E-state index contributed by atoms with van der Waals surface area (Å²) in [5.74, 6) is 0.934. The zero-order chi connectivity index (χ0) is 21.1. The molecule has 0 bridgehead atoms. The van der Waals surface area contributed by atoms with Gasteiger partial charge < -0.3 is 15.0 Å². The van der Waals surface area contributed by atoms with Crippen molar-refractivity contribution in [1.82, 2.24) is 19.9 Å². The second-order valence-corrected chi connectivity index (χ2v) is 7.50. The van der Waals surface area contributed by atoms with Crippen LogP contribution in [0.15, 0.2) is 47.4 Å². The van der Waals surface area contributed by atoms with Crippen LogP contribution in [0.4, 0.5) is 5.82 Å². The van der Waals surface area contributed by atoms with E-state index >= 15 is 0 Å². The summed E-state index contributed by atoms with van der Waals surface area (Å²) in [4.78, 5) is 36.3. The standard InChI is InChI=1S/C22H25N5O3/c1-26-19-18(9-4-10-23-19)25-20(22(26)29)27-11-5-7-16(14-27)21(28)24-13-15-6-3-8-17(12-15)30-2/h3-4,6,8-10,12,16H,5,7,11,13-14H2,1-2H3,(H,24,28)/t16-/m0/s1. The number of ether oxygens (including phenoxy) is 1. The highest BCUT2D eigenvalue weighted by molar-refractivity contribution is 5.79. The Hall–Kier alpha value is -3.42. The first kappa shape index (κ1) is 19.9. The van der Waals surface area contributed by atoms with E-state index < -0.39 is 0 Å². The maximum Gasteiger partial charge on any atom is 0.294 e. The van der Waals surface area contributed by atoms with Gasteiger partial charge >= 0.3 is 0 Å². The highest BCUT2D eigenvalue weighted by atomic mass is 16.5. The number of piperidine rings is 1. The van der Waals surface area contributed by atoms with E-state index in [2.05, 4.69) is 15.3 Å². The Labute approximate surface area is 174 Å². The fraction of sp³-hybridized carbons (Fsp3) is 0.364. The van der Waals surface area contributed by atoms with Gasteiger partial charge in [0.25, 0.3) is 5.56 Å². The van der Waals surface area contributed by atoms with Crippen LogP contribution in [0.3, 0.4) is 0 Å². The number of carbonyl (C=O) groups is 1. The van der Waals surface area contributed by atoms with Crippen LogP contribution in [0.2, 0.25) is 0 Å². The number of amides is 1. The lowest BCUT2D eigenvalue weighted by Gasteiger charge is -2.32. The summed E-state index contributed by atoms with van der Waals surface area (Å²) in [5.41, 5.74) is 2.00. The number of hydrogen-bond donors (Lipinski definition) is 1. The van der Waals surface area contributed by atoms with Crippen LogP contribution < -0.4 is 20.5 Å². The highest BCUT2D eigenvalue weighted by Gasteiger charge is 2.28. The Morgan fingerprint density at radius 1 is 1.30 bits per heavy atom. The number of aromatic nitrogens is 3. The molecule has 1 aliphatic heterocycles. The lowest BCUT2D eigenvalue weighted by molar-refractivity contribution is -0.125. The first-order chi connectivity index (χ1) is 14.6. The van der Waals surface area contributed by atoms with E-state index in [9.17, 15) is 9.59 Å². The third-order valence-corrected chi connectivity index (χ3v) is 5.50. The number of anilines is 1. The Morgan fingerprint density at radius 3 is 3.00 bits per heavy atom. The van der Waals surface area contributed by atoms with E-state index in [0.29, 0.717) is 36.6 Å². The summed E-state index contributed by atoms with van der Waals surface area (Å²) < 4.78 is 6.75. The van der Waals surface area contributed by atoms with Gasteiger partial charge in [-0.2, -0.15) is 0 Å². The van der Waals surface area contributed by atoms with Crippen LogP contribution in [-0.2, 0) is 18.4 Å². The van der Waals surface area contributed by atoms with Gasteiger partial charge in [-0.25, -0.2) is 9.97 Å². The first-order valence-electron chi connectivity index (χ1n) is 10.0. The summed E-state index contributed by atoms with van der Waals surface area (Å²) in [6, 6.07) is 11.3. The van der Waals surface area contributed by atoms with Crippen LogP contribution in [-0.4, -0.2) is 40.6 Å². The molecule has 2 aromatic heterocycles. The fourth-order valence-electron chi connectivity index (χ4n) is 3.85. The Morgan fingerprint density at radius 2 is 2.17 bits per heavy atom. The van der Waals surface area contributed by atoms with E-state index in [0.717, 1.165) is 24.2 Å². The molecule has 0 aliphatic carbocycles. The molecule has 1 N–H and O–H groups in total. The summed E-state index contributed by atoms with van der Waals surface area (Å²) >= 11 is 0. The molecule has 1 fully saturated rings. The molecule has 30 heavy (non-hydrogen) atoms. The SMILES string of the molecule is COc1cccc(CNC(=O)[C@H]2CCCN(c3nc4cccnc4n(C)c3=O)C2)c1. The monoisotopic (exact) mass is 407 g/mol. The lowest BCUT2D eigenvalue weighted by Crippen LogP contribution is -2.45. The molecule has 8 nitrogen and oxygen atoms in total. The molecule has 1 saturated heterocycles. The lowest BCUT2D eigenvalue weighted by atomic mass is 9.97. The van der Waals surface area contributed by atoms with Crippen molar-refractivity contribution >= 4 is 22.9 Å². The number of methoxy groups -OCH3 is 1. The van der Waals surface area contributed by atoms with Crippen molar-refractivity contribution in [3.05, 3.63) is 58.5 Å². The van der Waals surface area contributed by atoms with Gasteiger partial charge in [-0.1, -0.05) is 12.1 Å². The topological polar surface area (TPSA) is 89.3 Å².